The molecule has 4 rings (SSSR count). The standard InChI is InChI=1S/C36H42F5N3O6/c1-19(2)14-26(44-18-23(10-13-43-11-7-12-43)25(16-28(44)45)36(39,40)41)34(48)42-35(49,17-29(46)47)31-32(37)21(4)15-24(33(31)38)30-20(3)8-9-27(50-6)22(30)5/h8-9,15-16,18-19,26,49H,7,10-14,17H2,1-6H3,(H,42,48)(H,46,47)/t26?,35-/m0/s1. The van der Waals surface area contributed by atoms with Crippen molar-refractivity contribution in [1.82, 2.24) is 14.8 Å². The van der Waals surface area contributed by atoms with Crippen molar-refractivity contribution in [3.05, 3.63) is 85.8 Å². The monoisotopic (exact) mass is 707 g/mol. The Labute approximate surface area is 286 Å². The normalized spacial score (nSPS) is 15.4. The van der Waals surface area contributed by atoms with Crippen molar-refractivity contribution in [1.29, 1.82) is 0 Å². The van der Waals surface area contributed by atoms with Gasteiger partial charge in [-0.3, -0.25) is 14.4 Å². The Morgan fingerprint density at radius 1 is 1.04 bits per heavy atom. The van der Waals surface area contributed by atoms with E-state index in [1.807, 2.05) is 4.90 Å². The lowest BCUT2D eigenvalue weighted by atomic mass is 9.87. The van der Waals surface area contributed by atoms with Gasteiger partial charge in [0.2, 0.25) is 5.91 Å². The number of aliphatic carboxylic acids is 1. The number of carbonyl (C=O) groups excluding carboxylic acids is 1. The summed E-state index contributed by atoms with van der Waals surface area (Å²) in [7, 11) is 1.41. The van der Waals surface area contributed by atoms with Gasteiger partial charge in [0, 0.05) is 24.4 Å². The number of aliphatic hydroxyl groups is 1. The van der Waals surface area contributed by atoms with Crippen LogP contribution < -0.4 is 15.6 Å². The lowest BCUT2D eigenvalue weighted by molar-refractivity contribution is -0.148. The minimum Gasteiger partial charge on any atom is -0.496 e. The lowest BCUT2D eigenvalue weighted by Gasteiger charge is -2.33. The molecule has 2 aromatic carbocycles. The molecule has 1 amide bonds. The molecule has 1 aromatic heterocycles. The van der Waals surface area contributed by atoms with Gasteiger partial charge in [0.25, 0.3) is 5.56 Å². The highest BCUT2D eigenvalue weighted by Crippen LogP contribution is 2.40. The number of hydrogen-bond acceptors (Lipinski definition) is 6. The molecule has 1 aliphatic rings. The topological polar surface area (TPSA) is 121 Å². The number of nitrogens with one attached hydrogen (secondary N) is 1. The molecule has 50 heavy (non-hydrogen) atoms. The van der Waals surface area contributed by atoms with E-state index in [9.17, 15) is 37.8 Å². The predicted octanol–water partition coefficient (Wildman–Crippen LogP) is 6.02. The van der Waals surface area contributed by atoms with E-state index in [0.29, 0.717) is 36.0 Å². The Kier molecular flexibility index (Phi) is 11.5. The summed E-state index contributed by atoms with van der Waals surface area (Å²) in [6.07, 6.45) is -4.64. The summed E-state index contributed by atoms with van der Waals surface area (Å²) in [5.41, 5.74) is -5.99. The number of carboxylic acids is 1. The van der Waals surface area contributed by atoms with Crippen LogP contribution in [0.2, 0.25) is 0 Å². The number of hydrogen-bond donors (Lipinski definition) is 3. The van der Waals surface area contributed by atoms with Gasteiger partial charge in [-0.15, -0.1) is 0 Å². The second-order valence-electron chi connectivity index (χ2n) is 13.3. The number of nitrogens with zero attached hydrogens (tertiary/aromatic N) is 2. The van der Waals surface area contributed by atoms with Crippen molar-refractivity contribution in [3.63, 3.8) is 0 Å². The van der Waals surface area contributed by atoms with Gasteiger partial charge < -0.3 is 29.7 Å². The minimum absolute atomic E-state index is 0.0836. The average Bonchev–Trinajstić information content (AvgIpc) is 2.97. The third-order valence-corrected chi connectivity index (χ3v) is 9.09. The molecule has 14 heteroatoms. The fourth-order valence-corrected chi connectivity index (χ4v) is 6.46. The molecule has 0 spiro atoms. The van der Waals surface area contributed by atoms with E-state index in [0.717, 1.165) is 17.2 Å². The van der Waals surface area contributed by atoms with Gasteiger partial charge in [0.15, 0.2) is 5.72 Å². The SMILES string of the molecule is COc1ccc(C)c(-c2cc(C)c(F)c([C@@](O)(CC(=O)O)NC(=O)C(CC(C)C)n3cc(CCN4CCC4)c(C(F)(F)F)cc3=O)c2F)c1C. The molecule has 1 aliphatic heterocycles. The highest BCUT2D eigenvalue weighted by atomic mass is 19.4. The number of benzene rings is 2. The fraction of sp³-hybridized carbons (Fsp3) is 0.472. The summed E-state index contributed by atoms with van der Waals surface area (Å²) in [6, 6.07) is 3.29. The van der Waals surface area contributed by atoms with Gasteiger partial charge in [-0.2, -0.15) is 13.2 Å². The number of rotatable bonds is 13. The van der Waals surface area contributed by atoms with Gasteiger partial charge >= 0.3 is 12.1 Å². The Hall–Kier alpha value is -4.30. The summed E-state index contributed by atoms with van der Waals surface area (Å²) in [5, 5.41) is 23.7. The van der Waals surface area contributed by atoms with Gasteiger partial charge in [-0.25, -0.2) is 8.78 Å². The van der Waals surface area contributed by atoms with Crippen LogP contribution in [0, 0.1) is 38.3 Å². The third kappa shape index (κ3) is 8.02. The zero-order valence-corrected chi connectivity index (χ0v) is 28.8. The minimum atomic E-state index is -4.86. The smallest absolute Gasteiger partial charge is 0.416 e. The number of methoxy groups -OCH3 is 1. The van der Waals surface area contributed by atoms with Crippen molar-refractivity contribution in [2.45, 2.75) is 78.2 Å². The highest BCUT2D eigenvalue weighted by molar-refractivity contribution is 5.83. The Morgan fingerprint density at radius 2 is 1.70 bits per heavy atom. The van der Waals surface area contributed by atoms with E-state index in [1.54, 1.807) is 39.8 Å². The van der Waals surface area contributed by atoms with Crippen LogP contribution >= 0.6 is 0 Å². The number of carbonyl (C=O) groups is 2. The molecule has 3 N–H and O–H groups in total. The highest BCUT2D eigenvalue weighted by Gasteiger charge is 2.43. The first kappa shape index (κ1) is 38.5. The van der Waals surface area contributed by atoms with Crippen molar-refractivity contribution >= 4 is 11.9 Å². The summed E-state index contributed by atoms with van der Waals surface area (Å²) < 4.78 is 80.8. The van der Waals surface area contributed by atoms with Crippen LogP contribution in [0.4, 0.5) is 22.0 Å². The molecule has 9 nitrogen and oxygen atoms in total. The average molecular weight is 708 g/mol. The summed E-state index contributed by atoms with van der Waals surface area (Å²) in [6.45, 7) is 9.64. The maximum absolute atomic E-state index is 16.6. The van der Waals surface area contributed by atoms with E-state index in [4.69, 9.17) is 4.74 Å². The molecule has 1 saturated heterocycles. The Morgan fingerprint density at radius 3 is 2.24 bits per heavy atom. The van der Waals surface area contributed by atoms with E-state index in [2.05, 4.69) is 5.32 Å². The molecular formula is C36H42F5N3O6. The first-order valence-corrected chi connectivity index (χ1v) is 16.2. The van der Waals surface area contributed by atoms with Crippen molar-refractivity contribution in [2.75, 3.05) is 26.7 Å². The predicted molar refractivity (Wildman–Crippen MR) is 176 cm³/mol. The molecule has 0 bridgehead atoms. The number of likely N-dealkylation sites (tertiary alicyclic amines) is 1. The lowest BCUT2D eigenvalue weighted by Crippen LogP contribution is -2.52. The summed E-state index contributed by atoms with van der Waals surface area (Å²) in [5.74, 6) is -5.61. The van der Waals surface area contributed by atoms with Crippen molar-refractivity contribution < 1.29 is 46.5 Å². The fourth-order valence-electron chi connectivity index (χ4n) is 6.46. The van der Waals surface area contributed by atoms with E-state index < -0.39 is 64.6 Å². The molecule has 3 aromatic rings. The number of aromatic nitrogens is 1. The van der Waals surface area contributed by atoms with Gasteiger partial charge in [0.1, 0.15) is 23.4 Å². The molecule has 0 saturated carbocycles. The molecule has 272 valence electrons. The molecule has 0 aliphatic carbocycles. The summed E-state index contributed by atoms with van der Waals surface area (Å²) >= 11 is 0. The number of alkyl halides is 3. The van der Waals surface area contributed by atoms with Crippen LogP contribution in [0.15, 0.2) is 35.3 Å². The molecule has 0 radical (unpaired) electrons. The maximum Gasteiger partial charge on any atom is 0.416 e. The van der Waals surface area contributed by atoms with Crippen LogP contribution in [0.3, 0.4) is 0 Å². The Balaban J connectivity index is 1.87. The van der Waals surface area contributed by atoms with Gasteiger partial charge in [-0.05, 0) is 99.0 Å². The second kappa shape index (κ2) is 14.9. The molecule has 2 atom stereocenters. The van der Waals surface area contributed by atoms with E-state index >= 15 is 8.78 Å². The van der Waals surface area contributed by atoms with Crippen LogP contribution in [-0.4, -0.2) is 58.3 Å². The summed E-state index contributed by atoms with van der Waals surface area (Å²) in [4.78, 5) is 41.3. The Bertz CT molecular complexity index is 1840. The molecular weight excluding hydrogens is 665 g/mol. The third-order valence-electron chi connectivity index (χ3n) is 9.09. The zero-order valence-electron chi connectivity index (χ0n) is 28.8. The number of ether oxygens (including phenoxy) is 1. The maximum atomic E-state index is 16.6. The van der Waals surface area contributed by atoms with E-state index in [-0.39, 0.29) is 47.6 Å². The molecule has 2 heterocycles. The first-order chi connectivity index (χ1) is 23.3. The van der Waals surface area contributed by atoms with Crippen LogP contribution in [-0.2, 0) is 27.9 Å². The van der Waals surface area contributed by atoms with Gasteiger partial charge in [0.05, 0.1) is 24.7 Å². The number of carboxylic acid groups (broad SMARTS) is 1. The zero-order chi connectivity index (χ0) is 37.3. The largest absolute Gasteiger partial charge is 0.496 e. The van der Waals surface area contributed by atoms with Crippen LogP contribution in [0.25, 0.3) is 11.1 Å². The number of aryl methyl sites for hydroxylation is 2. The number of halogens is 5. The quantitative estimate of drug-likeness (QED) is 0.147. The molecule has 1 unspecified atom stereocenters. The van der Waals surface area contributed by atoms with E-state index in [1.165, 1.54) is 20.1 Å². The second-order valence-corrected chi connectivity index (χ2v) is 13.3. The molecule has 1 fully saturated rings. The first-order valence-electron chi connectivity index (χ1n) is 16.2. The number of amides is 1. The van der Waals surface area contributed by atoms with Crippen LogP contribution in [0.5, 0.6) is 5.75 Å². The van der Waals surface area contributed by atoms with Crippen molar-refractivity contribution in [3.8, 4) is 16.9 Å². The van der Waals surface area contributed by atoms with Crippen molar-refractivity contribution in [2.24, 2.45) is 5.92 Å². The van der Waals surface area contributed by atoms with Crippen LogP contribution in [0.1, 0.15) is 72.5 Å². The van der Waals surface area contributed by atoms with Gasteiger partial charge in [-0.1, -0.05) is 19.9 Å². The number of pyridine rings is 1.